The van der Waals surface area contributed by atoms with Crippen molar-refractivity contribution in [2.45, 2.75) is 18.9 Å². The Morgan fingerprint density at radius 3 is 2.62 bits per heavy atom. The number of hydrogen-bond acceptors (Lipinski definition) is 5. The van der Waals surface area contributed by atoms with Crippen LogP contribution in [0.25, 0.3) is 0 Å². The van der Waals surface area contributed by atoms with Crippen molar-refractivity contribution in [1.82, 2.24) is 0 Å². The van der Waals surface area contributed by atoms with Crippen LogP contribution in [0, 0.1) is 0 Å². The van der Waals surface area contributed by atoms with Crippen LogP contribution < -0.4 is 10.1 Å². The average Bonchev–Trinajstić information content (AvgIpc) is 3.20. The minimum Gasteiger partial charge on any atom is -0.491 e. The Bertz CT molecular complexity index is 766. The molecule has 1 N–H and O–H groups in total. The molecule has 0 radical (unpaired) electrons. The van der Waals surface area contributed by atoms with Gasteiger partial charge in [0.1, 0.15) is 12.4 Å². The van der Waals surface area contributed by atoms with Crippen LogP contribution in [0.1, 0.15) is 33.6 Å². The number of esters is 1. The quantitative estimate of drug-likeness (QED) is 0.805. The van der Waals surface area contributed by atoms with Gasteiger partial charge in [0.25, 0.3) is 5.91 Å². The molecular weight excluding hydrogens is 334 g/mol. The Hall–Kier alpha value is -2.86. The normalized spacial score (nSPS) is 16.1. The third-order valence-electron chi connectivity index (χ3n) is 4.12. The van der Waals surface area contributed by atoms with E-state index in [0.29, 0.717) is 23.4 Å². The van der Waals surface area contributed by atoms with E-state index in [-0.39, 0.29) is 12.0 Å². The number of carbonyl (C=O) groups excluding carboxylic acids is 2. The highest BCUT2D eigenvalue weighted by Crippen LogP contribution is 2.19. The van der Waals surface area contributed by atoms with E-state index in [1.165, 1.54) is 13.2 Å². The molecule has 1 aliphatic rings. The van der Waals surface area contributed by atoms with Crippen LogP contribution >= 0.6 is 0 Å². The number of carbonyl (C=O) groups is 2. The van der Waals surface area contributed by atoms with Gasteiger partial charge in [-0.1, -0.05) is 6.07 Å². The summed E-state index contributed by atoms with van der Waals surface area (Å²) in [4.78, 5) is 23.9. The summed E-state index contributed by atoms with van der Waals surface area (Å²) >= 11 is 0. The summed E-state index contributed by atoms with van der Waals surface area (Å²) in [6, 6.07) is 13.5. The second-order valence-electron chi connectivity index (χ2n) is 6.00. The molecule has 1 heterocycles. The molecule has 2 aromatic rings. The molecule has 0 bridgehead atoms. The second-order valence-corrected chi connectivity index (χ2v) is 6.00. The topological polar surface area (TPSA) is 73.9 Å². The minimum absolute atomic E-state index is 0.163. The molecule has 6 heteroatoms. The smallest absolute Gasteiger partial charge is 0.337 e. The maximum atomic E-state index is 12.4. The molecule has 136 valence electrons. The van der Waals surface area contributed by atoms with E-state index in [1.54, 1.807) is 42.5 Å². The molecule has 0 aliphatic carbocycles. The number of benzene rings is 2. The number of anilines is 1. The lowest BCUT2D eigenvalue weighted by Gasteiger charge is -2.12. The van der Waals surface area contributed by atoms with Gasteiger partial charge in [-0.05, 0) is 55.3 Å². The maximum Gasteiger partial charge on any atom is 0.337 e. The molecule has 3 rings (SSSR count). The van der Waals surface area contributed by atoms with Gasteiger partial charge < -0.3 is 19.5 Å². The predicted molar refractivity (Wildman–Crippen MR) is 96.6 cm³/mol. The fraction of sp³-hybridized carbons (Fsp3) is 0.300. The molecule has 1 atom stereocenters. The van der Waals surface area contributed by atoms with Crippen LogP contribution in [0.15, 0.2) is 48.5 Å². The molecule has 2 aromatic carbocycles. The van der Waals surface area contributed by atoms with Gasteiger partial charge in [-0.15, -0.1) is 0 Å². The van der Waals surface area contributed by atoms with Crippen molar-refractivity contribution >= 4 is 17.6 Å². The first-order chi connectivity index (χ1) is 12.7. The van der Waals surface area contributed by atoms with E-state index in [2.05, 4.69) is 10.1 Å². The molecule has 0 saturated carbocycles. The fourth-order valence-electron chi connectivity index (χ4n) is 2.71. The number of rotatable bonds is 6. The first-order valence-electron chi connectivity index (χ1n) is 8.50. The monoisotopic (exact) mass is 355 g/mol. The Labute approximate surface area is 152 Å². The highest BCUT2D eigenvalue weighted by atomic mass is 16.5. The van der Waals surface area contributed by atoms with E-state index >= 15 is 0 Å². The number of hydrogen-bond donors (Lipinski definition) is 1. The largest absolute Gasteiger partial charge is 0.491 e. The molecule has 1 amide bonds. The lowest BCUT2D eigenvalue weighted by atomic mass is 10.1. The minimum atomic E-state index is -0.479. The third-order valence-corrected chi connectivity index (χ3v) is 4.12. The molecule has 1 aliphatic heterocycles. The fourth-order valence-corrected chi connectivity index (χ4v) is 2.71. The summed E-state index contributed by atoms with van der Waals surface area (Å²) in [5, 5.41) is 2.80. The van der Waals surface area contributed by atoms with Gasteiger partial charge in [0, 0.05) is 17.9 Å². The SMILES string of the molecule is COC(=O)c1cccc(C(=O)Nc2ccc(OCC3CCCO3)cc2)c1. The van der Waals surface area contributed by atoms with E-state index < -0.39 is 5.97 Å². The maximum absolute atomic E-state index is 12.4. The lowest BCUT2D eigenvalue weighted by molar-refractivity contribution is 0.0600. The summed E-state index contributed by atoms with van der Waals surface area (Å²) < 4.78 is 15.9. The zero-order valence-corrected chi connectivity index (χ0v) is 14.6. The number of methoxy groups -OCH3 is 1. The number of amides is 1. The van der Waals surface area contributed by atoms with Crippen LogP contribution in [-0.4, -0.2) is 38.3 Å². The summed E-state index contributed by atoms with van der Waals surface area (Å²) in [6.07, 6.45) is 2.27. The van der Waals surface area contributed by atoms with Crippen LogP contribution in [-0.2, 0) is 9.47 Å². The van der Waals surface area contributed by atoms with Crippen LogP contribution in [0.5, 0.6) is 5.75 Å². The van der Waals surface area contributed by atoms with Crippen LogP contribution in [0.4, 0.5) is 5.69 Å². The van der Waals surface area contributed by atoms with Crippen molar-refractivity contribution in [3.05, 3.63) is 59.7 Å². The summed E-state index contributed by atoms with van der Waals surface area (Å²) in [5.74, 6) is -0.0534. The zero-order chi connectivity index (χ0) is 18.4. The lowest BCUT2D eigenvalue weighted by Crippen LogP contribution is -2.16. The number of ether oxygens (including phenoxy) is 3. The van der Waals surface area contributed by atoms with Crippen LogP contribution in [0.2, 0.25) is 0 Å². The van der Waals surface area contributed by atoms with Crippen molar-refractivity contribution < 1.29 is 23.8 Å². The molecule has 0 spiro atoms. The van der Waals surface area contributed by atoms with Gasteiger partial charge in [-0.3, -0.25) is 4.79 Å². The van der Waals surface area contributed by atoms with Crippen molar-refractivity contribution in [1.29, 1.82) is 0 Å². The summed E-state index contributed by atoms with van der Waals surface area (Å²) in [7, 11) is 1.30. The van der Waals surface area contributed by atoms with Gasteiger partial charge in [0.2, 0.25) is 0 Å². The van der Waals surface area contributed by atoms with Crippen molar-refractivity contribution in [3.8, 4) is 5.75 Å². The van der Waals surface area contributed by atoms with Gasteiger partial charge in [0.15, 0.2) is 0 Å². The van der Waals surface area contributed by atoms with Gasteiger partial charge in [-0.25, -0.2) is 4.79 Å². The highest BCUT2D eigenvalue weighted by molar-refractivity contribution is 6.05. The van der Waals surface area contributed by atoms with Crippen molar-refractivity contribution in [2.24, 2.45) is 0 Å². The van der Waals surface area contributed by atoms with Crippen molar-refractivity contribution in [3.63, 3.8) is 0 Å². The Balaban J connectivity index is 1.58. The standard InChI is InChI=1S/C20H21NO5/c1-24-20(23)15-5-2-4-14(12-15)19(22)21-16-7-9-17(10-8-16)26-13-18-6-3-11-25-18/h2,4-5,7-10,12,18H,3,6,11,13H2,1H3,(H,21,22). The highest BCUT2D eigenvalue weighted by Gasteiger charge is 2.16. The Morgan fingerprint density at radius 2 is 1.92 bits per heavy atom. The molecule has 1 saturated heterocycles. The second kappa shape index (κ2) is 8.49. The van der Waals surface area contributed by atoms with Gasteiger partial charge in [0.05, 0.1) is 18.8 Å². The first kappa shape index (κ1) is 17.9. The average molecular weight is 355 g/mol. The Morgan fingerprint density at radius 1 is 1.15 bits per heavy atom. The van der Waals surface area contributed by atoms with E-state index in [1.807, 2.05) is 0 Å². The van der Waals surface area contributed by atoms with Gasteiger partial charge in [-0.2, -0.15) is 0 Å². The number of nitrogens with one attached hydrogen (secondary N) is 1. The molecule has 26 heavy (non-hydrogen) atoms. The predicted octanol–water partition coefficient (Wildman–Crippen LogP) is 3.28. The van der Waals surface area contributed by atoms with E-state index in [9.17, 15) is 9.59 Å². The van der Waals surface area contributed by atoms with E-state index in [4.69, 9.17) is 9.47 Å². The molecule has 6 nitrogen and oxygen atoms in total. The molecule has 0 aromatic heterocycles. The first-order valence-corrected chi connectivity index (χ1v) is 8.50. The molecular formula is C20H21NO5. The zero-order valence-electron chi connectivity index (χ0n) is 14.6. The third kappa shape index (κ3) is 4.61. The molecule has 1 unspecified atom stereocenters. The summed E-state index contributed by atoms with van der Waals surface area (Å²) in [5.41, 5.74) is 1.35. The van der Waals surface area contributed by atoms with Crippen LogP contribution in [0.3, 0.4) is 0 Å². The Kier molecular flexibility index (Phi) is 5.86. The molecule has 1 fully saturated rings. The van der Waals surface area contributed by atoms with Gasteiger partial charge >= 0.3 is 5.97 Å². The summed E-state index contributed by atoms with van der Waals surface area (Å²) in [6.45, 7) is 1.34. The van der Waals surface area contributed by atoms with Crippen molar-refractivity contribution in [2.75, 3.05) is 25.6 Å². The van der Waals surface area contributed by atoms with E-state index in [0.717, 1.165) is 25.2 Å².